The topological polar surface area (TPSA) is 40.5 Å². The van der Waals surface area contributed by atoms with Crippen LogP contribution in [0.5, 0.6) is 0 Å². The fourth-order valence-corrected chi connectivity index (χ4v) is 1.99. The van der Waals surface area contributed by atoms with E-state index in [-0.39, 0.29) is 0 Å². The number of aliphatic hydroxyl groups is 2. The van der Waals surface area contributed by atoms with Gasteiger partial charge in [-0.3, -0.25) is 0 Å². The molecule has 0 bridgehead atoms. The lowest BCUT2D eigenvalue weighted by atomic mass is 9.89. The molecule has 0 aromatic carbocycles. The number of aliphatic hydroxyl groups excluding tert-OH is 1. The summed E-state index contributed by atoms with van der Waals surface area (Å²) in [5.41, 5.74) is -1.03. The number of hydrogen-bond donors (Lipinski definition) is 2. The third kappa shape index (κ3) is 8.62. The average molecular weight is 243 g/mol. The first-order chi connectivity index (χ1) is 7.75. The molecule has 3 unspecified atom stereocenters. The second-order valence-electron chi connectivity index (χ2n) is 6.20. The normalized spacial score (nSPS) is 19.1. The van der Waals surface area contributed by atoms with Gasteiger partial charge in [-0.2, -0.15) is 0 Å². The van der Waals surface area contributed by atoms with E-state index in [4.69, 9.17) is 0 Å². The molecule has 0 saturated carbocycles. The summed E-state index contributed by atoms with van der Waals surface area (Å²) < 4.78 is 0. The molecule has 0 aliphatic heterocycles. The minimum absolute atomic E-state index is 0.631. The van der Waals surface area contributed by atoms with E-state index >= 15 is 0 Å². The molecule has 0 aliphatic carbocycles. The van der Waals surface area contributed by atoms with Crippen molar-refractivity contribution in [2.75, 3.05) is 0 Å². The molecule has 103 valence electrons. The zero-order valence-electron chi connectivity index (χ0n) is 12.1. The lowest BCUT2D eigenvalue weighted by Crippen LogP contribution is -2.37. The van der Waals surface area contributed by atoms with Crippen molar-refractivity contribution in [3.63, 3.8) is 0 Å². The molecule has 0 rings (SSSR count). The molecule has 17 heavy (non-hydrogen) atoms. The van der Waals surface area contributed by atoms with Gasteiger partial charge in [0.25, 0.3) is 0 Å². The van der Waals surface area contributed by atoms with E-state index in [9.17, 15) is 10.2 Å². The standard InChI is InChI=1S/C15H31O2/c1-12(2)8-6-9-13(3)10-7-11-15(5,17)14(4)16/h12-14,16-17H,4,6-11H2,1-3,5H3. The van der Waals surface area contributed by atoms with Gasteiger partial charge in [-0.05, 0) is 32.1 Å². The maximum absolute atomic E-state index is 9.84. The smallest absolute Gasteiger partial charge is 0.0877 e. The summed E-state index contributed by atoms with van der Waals surface area (Å²) in [4.78, 5) is 0. The highest BCUT2D eigenvalue weighted by Crippen LogP contribution is 2.22. The van der Waals surface area contributed by atoms with E-state index in [2.05, 4.69) is 27.7 Å². The van der Waals surface area contributed by atoms with Crippen LogP contribution in [-0.4, -0.2) is 21.9 Å². The van der Waals surface area contributed by atoms with Gasteiger partial charge >= 0.3 is 0 Å². The minimum atomic E-state index is -1.03. The Kier molecular flexibility index (Phi) is 8.06. The predicted molar refractivity (Wildman–Crippen MR) is 73.7 cm³/mol. The van der Waals surface area contributed by atoms with Crippen LogP contribution < -0.4 is 0 Å². The summed E-state index contributed by atoms with van der Waals surface area (Å²) in [6.45, 7) is 11.9. The van der Waals surface area contributed by atoms with Crippen LogP contribution in [0.1, 0.15) is 66.2 Å². The molecular weight excluding hydrogens is 212 g/mol. The van der Waals surface area contributed by atoms with Crippen LogP contribution >= 0.6 is 0 Å². The molecule has 0 aromatic rings. The Morgan fingerprint density at radius 3 is 2.06 bits per heavy atom. The van der Waals surface area contributed by atoms with Gasteiger partial charge in [-0.15, -0.1) is 0 Å². The molecule has 2 N–H and O–H groups in total. The Balaban J connectivity index is 3.61. The second kappa shape index (κ2) is 8.10. The van der Waals surface area contributed by atoms with Crippen LogP contribution in [0, 0.1) is 18.8 Å². The van der Waals surface area contributed by atoms with E-state index in [0.717, 1.165) is 18.8 Å². The summed E-state index contributed by atoms with van der Waals surface area (Å²) in [5, 5.41) is 19.1. The van der Waals surface area contributed by atoms with E-state index in [1.807, 2.05) is 0 Å². The van der Waals surface area contributed by atoms with E-state index in [1.54, 1.807) is 6.92 Å². The maximum atomic E-state index is 9.84. The molecule has 3 atom stereocenters. The number of hydrogen-bond acceptors (Lipinski definition) is 2. The molecule has 0 spiro atoms. The molecular formula is C15H31O2. The molecule has 2 heteroatoms. The molecule has 0 aromatic heterocycles. The number of rotatable bonds is 9. The van der Waals surface area contributed by atoms with Gasteiger partial charge in [0, 0.05) is 0 Å². The van der Waals surface area contributed by atoms with E-state index in [0.29, 0.717) is 12.3 Å². The molecule has 2 nitrogen and oxygen atoms in total. The summed E-state index contributed by atoms with van der Waals surface area (Å²) >= 11 is 0. The highest BCUT2D eigenvalue weighted by Gasteiger charge is 2.26. The first-order valence-electron chi connectivity index (χ1n) is 6.99. The van der Waals surface area contributed by atoms with Gasteiger partial charge in [-0.25, -0.2) is 0 Å². The lowest BCUT2D eigenvalue weighted by molar-refractivity contribution is -0.0468. The van der Waals surface area contributed by atoms with Crippen molar-refractivity contribution in [3.05, 3.63) is 6.92 Å². The van der Waals surface area contributed by atoms with Gasteiger partial charge in [-0.1, -0.05) is 52.9 Å². The maximum Gasteiger partial charge on any atom is 0.0877 e. The second-order valence-corrected chi connectivity index (χ2v) is 6.20. The fourth-order valence-electron chi connectivity index (χ4n) is 1.99. The van der Waals surface area contributed by atoms with Gasteiger partial charge in [0.2, 0.25) is 0 Å². The largest absolute Gasteiger partial charge is 0.390 e. The summed E-state index contributed by atoms with van der Waals surface area (Å²) in [6, 6.07) is 0. The minimum Gasteiger partial charge on any atom is -0.390 e. The van der Waals surface area contributed by atoms with Crippen molar-refractivity contribution in [1.29, 1.82) is 0 Å². The van der Waals surface area contributed by atoms with Gasteiger partial charge in [0.1, 0.15) is 0 Å². The van der Waals surface area contributed by atoms with Crippen molar-refractivity contribution in [2.24, 2.45) is 11.8 Å². The molecule has 0 amide bonds. The van der Waals surface area contributed by atoms with Gasteiger partial charge in [0.05, 0.1) is 11.7 Å². The van der Waals surface area contributed by atoms with Crippen LogP contribution in [0.15, 0.2) is 0 Å². The average Bonchev–Trinajstić information content (AvgIpc) is 2.16. The van der Waals surface area contributed by atoms with Gasteiger partial charge in [0.15, 0.2) is 0 Å². The van der Waals surface area contributed by atoms with Crippen molar-refractivity contribution < 1.29 is 10.2 Å². The zero-order valence-corrected chi connectivity index (χ0v) is 12.1. The SMILES string of the molecule is [CH2]C(O)C(C)(O)CCCC(C)CCCC(C)C. The molecule has 0 saturated heterocycles. The Morgan fingerprint density at radius 2 is 1.59 bits per heavy atom. The Bertz CT molecular complexity index is 185. The Morgan fingerprint density at radius 1 is 1.06 bits per heavy atom. The van der Waals surface area contributed by atoms with E-state index < -0.39 is 11.7 Å². The molecule has 0 heterocycles. The third-order valence-corrected chi connectivity index (χ3v) is 3.58. The first kappa shape index (κ1) is 16.9. The Labute approximate surface area is 107 Å². The predicted octanol–water partition coefficient (Wildman–Crippen LogP) is 3.57. The summed E-state index contributed by atoms with van der Waals surface area (Å²) in [7, 11) is 0. The molecule has 0 fully saturated rings. The summed E-state index contributed by atoms with van der Waals surface area (Å²) in [6.07, 6.45) is 5.70. The third-order valence-electron chi connectivity index (χ3n) is 3.58. The summed E-state index contributed by atoms with van der Waals surface area (Å²) in [5.74, 6) is 1.51. The van der Waals surface area contributed by atoms with Crippen LogP contribution in [0.2, 0.25) is 0 Å². The van der Waals surface area contributed by atoms with Crippen molar-refractivity contribution in [2.45, 2.75) is 77.9 Å². The van der Waals surface area contributed by atoms with Crippen LogP contribution in [0.25, 0.3) is 0 Å². The molecule has 1 radical (unpaired) electrons. The monoisotopic (exact) mass is 243 g/mol. The van der Waals surface area contributed by atoms with Gasteiger partial charge < -0.3 is 10.2 Å². The van der Waals surface area contributed by atoms with Crippen molar-refractivity contribution >= 4 is 0 Å². The quantitative estimate of drug-likeness (QED) is 0.650. The van der Waals surface area contributed by atoms with E-state index in [1.165, 1.54) is 19.3 Å². The van der Waals surface area contributed by atoms with Crippen LogP contribution in [-0.2, 0) is 0 Å². The van der Waals surface area contributed by atoms with Crippen molar-refractivity contribution in [1.82, 2.24) is 0 Å². The Hall–Kier alpha value is -0.0800. The zero-order chi connectivity index (χ0) is 13.5. The first-order valence-corrected chi connectivity index (χ1v) is 6.99. The van der Waals surface area contributed by atoms with Crippen LogP contribution in [0.3, 0.4) is 0 Å². The fraction of sp³-hybridized carbons (Fsp3) is 0.933. The molecule has 0 aliphatic rings. The highest BCUT2D eigenvalue weighted by atomic mass is 16.3. The van der Waals surface area contributed by atoms with Crippen LogP contribution in [0.4, 0.5) is 0 Å². The highest BCUT2D eigenvalue weighted by molar-refractivity contribution is 4.83. The lowest BCUT2D eigenvalue weighted by Gasteiger charge is -2.26. The van der Waals surface area contributed by atoms with Crippen molar-refractivity contribution in [3.8, 4) is 0 Å².